The SMILES string of the molecule is CCOC(=O)/C=N/NC1C=CC=C(OCc2ccccc2)C1. The maximum absolute atomic E-state index is 11.1. The monoisotopic (exact) mass is 300 g/mol. The molecule has 1 aliphatic carbocycles. The van der Waals surface area contributed by atoms with Crippen LogP contribution in [0.3, 0.4) is 0 Å². The van der Waals surface area contributed by atoms with Crippen LogP contribution in [0.2, 0.25) is 0 Å². The Bertz CT molecular complexity index is 565. The smallest absolute Gasteiger partial charge is 0.351 e. The summed E-state index contributed by atoms with van der Waals surface area (Å²) in [5.41, 5.74) is 4.03. The van der Waals surface area contributed by atoms with E-state index in [9.17, 15) is 4.79 Å². The van der Waals surface area contributed by atoms with Crippen LogP contribution in [0, 0.1) is 0 Å². The van der Waals surface area contributed by atoms with Gasteiger partial charge in [0.1, 0.15) is 12.8 Å². The maximum Gasteiger partial charge on any atom is 0.351 e. The van der Waals surface area contributed by atoms with E-state index in [0.29, 0.717) is 19.6 Å². The third-order valence-corrected chi connectivity index (χ3v) is 3.01. The normalized spacial score (nSPS) is 17.1. The molecule has 5 heteroatoms. The lowest BCUT2D eigenvalue weighted by Gasteiger charge is -2.18. The van der Waals surface area contributed by atoms with Crippen LogP contribution in [0.5, 0.6) is 0 Å². The molecule has 0 amide bonds. The van der Waals surface area contributed by atoms with Gasteiger partial charge in [0, 0.05) is 6.42 Å². The van der Waals surface area contributed by atoms with Crippen molar-refractivity contribution in [2.45, 2.75) is 26.0 Å². The van der Waals surface area contributed by atoms with Crippen molar-refractivity contribution in [3.8, 4) is 0 Å². The topological polar surface area (TPSA) is 59.9 Å². The number of ether oxygens (including phenoxy) is 2. The van der Waals surface area contributed by atoms with Gasteiger partial charge in [0.2, 0.25) is 0 Å². The molecule has 0 aromatic heterocycles. The minimum atomic E-state index is -0.453. The zero-order valence-corrected chi connectivity index (χ0v) is 12.6. The van der Waals surface area contributed by atoms with Crippen LogP contribution < -0.4 is 5.43 Å². The summed E-state index contributed by atoms with van der Waals surface area (Å²) in [4.78, 5) is 11.1. The van der Waals surface area contributed by atoms with E-state index in [4.69, 9.17) is 9.47 Å². The number of nitrogens with zero attached hydrogens (tertiary/aromatic N) is 1. The van der Waals surface area contributed by atoms with Crippen molar-refractivity contribution in [1.82, 2.24) is 5.43 Å². The summed E-state index contributed by atoms with van der Waals surface area (Å²) >= 11 is 0. The Kier molecular flexibility index (Phi) is 6.23. The highest BCUT2D eigenvalue weighted by Crippen LogP contribution is 2.16. The highest BCUT2D eigenvalue weighted by molar-refractivity contribution is 6.23. The van der Waals surface area contributed by atoms with E-state index in [0.717, 1.165) is 17.5 Å². The van der Waals surface area contributed by atoms with Crippen molar-refractivity contribution in [2.75, 3.05) is 6.61 Å². The molecule has 0 aliphatic heterocycles. The van der Waals surface area contributed by atoms with Gasteiger partial charge in [-0.25, -0.2) is 4.79 Å². The average Bonchev–Trinajstić information content (AvgIpc) is 2.55. The fraction of sp³-hybridized carbons (Fsp3) is 0.294. The molecule has 2 rings (SSSR count). The Balaban J connectivity index is 1.76. The number of carbonyl (C=O) groups excluding carboxylic acids is 1. The number of nitrogens with one attached hydrogen (secondary N) is 1. The molecule has 0 bridgehead atoms. The lowest BCUT2D eigenvalue weighted by molar-refractivity contribution is -0.134. The van der Waals surface area contributed by atoms with Crippen molar-refractivity contribution in [1.29, 1.82) is 0 Å². The molecule has 0 spiro atoms. The summed E-state index contributed by atoms with van der Waals surface area (Å²) in [7, 11) is 0. The second-order valence-corrected chi connectivity index (χ2v) is 4.74. The van der Waals surface area contributed by atoms with Gasteiger partial charge in [0.15, 0.2) is 0 Å². The van der Waals surface area contributed by atoms with E-state index in [1.807, 2.05) is 48.6 Å². The van der Waals surface area contributed by atoms with E-state index in [1.165, 1.54) is 0 Å². The number of allylic oxidation sites excluding steroid dienone is 2. The van der Waals surface area contributed by atoms with Gasteiger partial charge in [-0.2, -0.15) is 5.10 Å². The molecular formula is C17H20N2O3. The van der Waals surface area contributed by atoms with Crippen LogP contribution in [-0.4, -0.2) is 24.8 Å². The fourth-order valence-corrected chi connectivity index (χ4v) is 1.96. The Hall–Kier alpha value is -2.56. The van der Waals surface area contributed by atoms with Crippen LogP contribution in [0.1, 0.15) is 18.9 Å². The third-order valence-electron chi connectivity index (χ3n) is 3.01. The maximum atomic E-state index is 11.1. The second kappa shape index (κ2) is 8.67. The lowest BCUT2D eigenvalue weighted by atomic mass is 10.1. The molecule has 0 radical (unpaired) electrons. The number of hydrogen-bond acceptors (Lipinski definition) is 5. The van der Waals surface area contributed by atoms with E-state index < -0.39 is 5.97 Å². The van der Waals surface area contributed by atoms with Gasteiger partial charge in [0.05, 0.1) is 18.4 Å². The first-order valence-electron chi connectivity index (χ1n) is 7.27. The quantitative estimate of drug-likeness (QED) is 0.477. The van der Waals surface area contributed by atoms with Gasteiger partial charge in [-0.3, -0.25) is 0 Å². The van der Waals surface area contributed by atoms with E-state index in [1.54, 1.807) is 6.92 Å². The molecule has 0 saturated carbocycles. The van der Waals surface area contributed by atoms with Gasteiger partial charge in [-0.1, -0.05) is 42.5 Å². The molecule has 0 fully saturated rings. The molecule has 0 saturated heterocycles. The Morgan fingerprint density at radius 2 is 2.23 bits per heavy atom. The standard InChI is InChI=1S/C17H20N2O3/c1-2-21-17(20)12-18-19-15-9-6-10-16(11-15)22-13-14-7-4-3-5-8-14/h3-10,12,15,19H,2,11,13H2,1H3/b18-12+. The predicted molar refractivity (Wildman–Crippen MR) is 85.1 cm³/mol. The third kappa shape index (κ3) is 5.44. The van der Waals surface area contributed by atoms with Crippen LogP contribution in [0.25, 0.3) is 0 Å². The summed E-state index contributed by atoms with van der Waals surface area (Å²) in [6, 6.07) is 10.0. The molecule has 1 aliphatic rings. The zero-order valence-electron chi connectivity index (χ0n) is 12.6. The number of benzene rings is 1. The van der Waals surface area contributed by atoms with E-state index >= 15 is 0 Å². The molecule has 0 heterocycles. The molecule has 1 aromatic rings. The van der Waals surface area contributed by atoms with Crippen molar-refractivity contribution >= 4 is 12.2 Å². The molecule has 1 unspecified atom stereocenters. The Morgan fingerprint density at radius 3 is 3.00 bits per heavy atom. The Labute approximate surface area is 130 Å². The van der Waals surface area contributed by atoms with Crippen molar-refractivity contribution in [2.24, 2.45) is 5.10 Å². The van der Waals surface area contributed by atoms with Crippen LogP contribution in [0.4, 0.5) is 0 Å². The van der Waals surface area contributed by atoms with Gasteiger partial charge in [-0.15, -0.1) is 0 Å². The lowest BCUT2D eigenvalue weighted by Crippen LogP contribution is -2.25. The second-order valence-electron chi connectivity index (χ2n) is 4.74. The summed E-state index contributed by atoms with van der Waals surface area (Å²) in [6.07, 6.45) is 7.65. The minimum absolute atomic E-state index is 0.00134. The van der Waals surface area contributed by atoms with Gasteiger partial charge >= 0.3 is 5.97 Å². The number of rotatable bonds is 7. The molecule has 5 nitrogen and oxygen atoms in total. The number of hydrogen-bond donors (Lipinski definition) is 1. The highest BCUT2D eigenvalue weighted by Gasteiger charge is 2.11. The molecule has 1 N–H and O–H groups in total. The van der Waals surface area contributed by atoms with Gasteiger partial charge in [-0.05, 0) is 18.6 Å². The van der Waals surface area contributed by atoms with E-state index in [-0.39, 0.29) is 6.04 Å². The van der Waals surface area contributed by atoms with Crippen LogP contribution in [-0.2, 0) is 20.9 Å². The highest BCUT2D eigenvalue weighted by atomic mass is 16.5. The first-order valence-corrected chi connectivity index (χ1v) is 7.27. The number of esters is 1. The van der Waals surface area contributed by atoms with E-state index in [2.05, 4.69) is 10.5 Å². The van der Waals surface area contributed by atoms with Gasteiger partial charge < -0.3 is 14.9 Å². The molecule has 116 valence electrons. The Morgan fingerprint density at radius 1 is 1.41 bits per heavy atom. The number of hydrazone groups is 1. The predicted octanol–water partition coefficient (Wildman–Crippen LogP) is 2.55. The molecular weight excluding hydrogens is 280 g/mol. The van der Waals surface area contributed by atoms with Crippen molar-refractivity contribution in [3.63, 3.8) is 0 Å². The summed E-state index contributed by atoms with van der Waals surface area (Å²) in [6.45, 7) is 2.64. The van der Waals surface area contributed by atoms with Crippen molar-refractivity contribution in [3.05, 3.63) is 59.9 Å². The first kappa shape index (κ1) is 15.8. The largest absolute Gasteiger partial charge is 0.493 e. The number of carbonyl (C=O) groups is 1. The zero-order chi connectivity index (χ0) is 15.6. The van der Waals surface area contributed by atoms with Gasteiger partial charge in [0.25, 0.3) is 0 Å². The van der Waals surface area contributed by atoms with Crippen LogP contribution >= 0.6 is 0 Å². The summed E-state index contributed by atoms with van der Waals surface area (Å²) in [5.74, 6) is 0.432. The molecule has 1 aromatic carbocycles. The minimum Gasteiger partial charge on any atom is -0.493 e. The summed E-state index contributed by atoms with van der Waals surface area (Å²) < 4.78 is 10.5. The fourth-order valence-electron chi connectivity index (χ4n) is 1.96. The first-order chi connectivity index (χ1) is 10.8. The van der Waals surface area contributed by atoms with Crippen molar-refractivity contribution < 1.29 is 14.3 Å². The van der Waals surface area contributed by atoms with Crippen LogP contribution in [0.15, 0.2) is 59.4 Å². The average molecular weight is 300 g/mol. The molecule has 22 heavy (non-hydrogen) atoms. The summed E-state index contributed by atoms with van der Waals surface area (Å²) in [5, 5.41) is 3.88. The molecule has 1 atom stereocenters.